The van der Waals surface area contributed by atoms with Crippen LogP contribution in [0.25, 0.3) is 22.3 Å². The van der Waals surface area contributed by atoms with Crippen LogP contribution in [0.2, 0.25) is 0 Å². The Morgan fingerprint density at radius 3 is 2.02 bits per heavy atom. The zero-order chi connectivity index (χ0) is 76.6. The number of hydrogen-bond acceptors (Lipinski definition) is 18. The lowest BCUT2D eigenvalue weighted by atomic mass is 9.71. The third kappa shape index (κ3) is 15.7. The minimum Gasteiger partial charge on any atom is -0.508 e. The van der Waals surface area contributed by atoms with Crippen LogP contribution in [0, 0.1) is 57.8 Å². The van der Waals surface area contributed by atoms with Gasteiger partial charge in [0.1, 0.15) is 65.1 Å². The second-order valence-electron chi connectivity index (χ2n) is 28.5. The lowest BCUT2D eigenvalue weighted by molar-refractivity contribution is -0.307. The van der Waals surface area contributed by atoms with Crippen molar-refractivity contribution in [3.63, 3.8) is 0 Å². The highest BCUT2D eigenvalue weighted by molar-refractivity contribution is 6.03. The molecule has 0 aliphatic carbocycles. The van der Waals surface area contributed by atoms with Gasteiger partial charge in [0.05, 0.1) is 34.6 Å². The number of phenolic OH excluding ortho intramolecular Hbond substituents is 1. The molecular weight excluding hydrogens is 1270 g/mol. The number of amides is 7. The molecule has 0 saturated carbocycles. The lowest BCUT2D eigenvalue weighted by Crippen LogP contribution is -2.71. The summed E-state index contributed by atoms with van der Waals surface area (Å²) in [5.74, 6) is -10.2. The van der Waals surface area contributed by atoms with E-state index in [1.165, 1.54) is 85.7 Å². The quantitative estimate of drug-likeness (QED) is 0.0462. The van der Waals surface area contributed by atoms with E-state index in [0.29, 0.717) is 28.4 Å². The number of β-amino-alcohol motifs (C(OH)–C–C–N with tert-alkyl or cyclic N) is 1. The van der Waals surface area contributed by atoms with E-state index in [2.05, 4.69) is 40.4 Å². The number of nitrogens with one attached hydrogen (secondary N) is 5. The minimum absolute atomic E-state index is 0.0206. The highest BCUT2D eigenvalue weighted by atomic mass is 17.1. The summed E-state index contributed by atoms with van der Waals surface area (Å²) in [5, 5.41) is 118. The van der Waals surface area contributed by atoms with E-state index < -0.39 is 162 Å². The van der Waals surface area contributed by atoms with Crippen molar-refractivity contribution in [2.75, 3.05) is 6.54 Å². The maximum absolute atomic E-state index is 15.6. The molecular formula is C74H105N7O18. The van der Waals surface area contributed by atoms with Crippen LogP contribution >= 0.6 is 0 Å². The zero-order valence-corrected chi connectivity index (χ0v) is 59.8. The topological polar surface area (TPSA) is 387 Å². The number of carbonyl (C=O) groups excluding carboxylic acids is 7. The molecule has 3 fully saturated rings. The van der Waals surface area contributed by atoms with E-state index in [1.807, 2.05) is 19.9 Å². The maximum Gasteiger partial charge on any atom is 0.252 e. The number of benzene rings is 4. The molecule has 3 heterocycles. The number of ether oxygens (including phenoxy) is 1. The molecule has 4 unspecified atom stereocenters. The van der Waals surface area contributed by atoms with E-state index in [9.17, 15) is 50.2 Å². The predicted octanol–water partition coefficient (Wildman–Crippen LogP) is 4.97. The highest BCUT2D eigenvalue weighted by Crippen LogP contribution is 2.47. The molecule has 4 aromatic carbocycles. The number of aromatic hydroxyl groups is 1. The van der Waals surface area contributed by atoms with Crippen LogP contribution in [0.1, 0.15) is 169 Å². The number of aryl methyl sites for hydroxylation is 2. The maximum atomic E-state index is 15.6. The number of carbonyl (C=O) groups is 7. The molecule has 3 aliphatic heterocycles. The fourth-order valence-electron chi connectivity index (χ4n) is 14.2. The normalized spacial score (nSPS) is 29.9. The Kier molecular flexibility index (Phi) is 23.6. The third-order valence-corrected chi connectivity index (χ3v) is 21.6. The van der Waals surface area contributed by atoms with Gasteiger partial charge in [-0.3, -0.25) is 33.6 Å². The van der Waals surface area contributed by atoms with Gasteiger partial charge in [0.2, 0.25) is 29.5 Å². The number of phenols is 1. The van der Waals surface area contributed by atoms with E-state index in [1.54, 1.807) is 39.8 Å². The van der Waals surface area contributed by atoms with Crippen molar-refractivity contribution in [2.45, 2.75) is 246 Å². The van der Waals surface area contributed by atoms with Crippen molar-refractivity contribution >= 4 is 41.4 Å². The number of nitrogens with zero attached hydrogens (tertiary/aromatic N) is 2. The number of aliphatic hydroxyl groups is 7. The Balaban J connectivity index is 1.35. The summed E-state index contributed by atoms with van der Waals surface area (Å²) >= 11 is 0. The minimum atomic E-state index is -2.56. The second kappa shape index (κ2) is 31.5. The molecule has 0 aromatic heterocycles. The van der Waals surface area contributed by atoms with Crippen LogP contribution in [0.4, 0.5) is 0 Å². The molecule has 544 valence electrons. The standard InChI is InChI=1S/C74H105N7O18/c1-18-36(6)29-40(10)98-48-23-26-50(39(9)32-48)45-21-24-49(37(7)30-45)46-22-25-51(38(8)31-46)64(90)75-56-43(13)60(86)68(99-97)78-67(93)59-63(89)73(16,35(4)5)44(14)81(59)69(94)57(53(83)19-2)76-65(91)58(62(88)61(87)52-27-28-54(84)42(12)41(52)11)77-70(95)72(15)33-47(82)34-80(72)71(96)74(17,55(85)20-3)79-66(56)92/h21-28,30-32,35-36,40,43-44,47,53,55-63,68,82-89,97H,18-20,29,33-34H2,1-17H3,(H,75,90)(H,76,91)(H,77,95)(H,78,93)(H,79,92)/t36?,40?,43?,44?,47-,53-,55-,56+,57+,58+,59+,60-,61+,62+,63-,68-,72+,73+,74+/m1/s1/i21D,24D,30D. The van der Waals surface area contributed by atoms with Crippen molar-refractivity contribution in [3.05, 3.63) is 106 Å². The van der Waals surface area contributed by atoms with Gasteiger partial charge in [-0.25, -0.2) is 10.1 Å². The molecule has 14 N–H and O–H groups in total. The van der Waals surface area contributed by atoms with E-state index >= 15 is 33.6 Å². The fraction of sp³-hybridized carbons (Fsp3) is 0.581. The van der Waals surface area contributed by atoms with Crippen LogP contribution in [-0.2, 0) is 33.7 Å². The van der Waals surface area contributed by atoms with Gasteiger partial charge in [-0.2, -0.15) is 0 Å². The van der Waals surface area contributed by atoms with E-state index in [4.69, 9.17) is 9.62 Å². The average molecular weight is 1380 g/mol. The molecule has 25 nitrogen and oxygen atoms in total. The van der Waals surface area contributed by atoms with Crippen LogP contribution in [0.3, 0.4) is 0 Å². The Morgan fingerprint density at radius 1 is 0.758 bits per heavy atom. The molecule has 25 heteroatoms. The van der Waals surface area contributed by atoms with Gasteiger partial charge >= 0.3 is 0 Å². The lowest BCUT2D eigenvalue weighted by Gasteiger charge is -2.43. The van der Waals surface area contributed by atoms with Crippen LogP contribution in [0.5, 0.6) is 11.5 Å². The largest absolute Gasteiger partial charge is 0.508 e. The summed E-state index contributed by atoms with van der Waals surface area (Å²) in [7, 11) is 0. The van der Waals surface area contributed by atoms with Gasteiger partial charge in [0, 0.05) is 35.9 Å². The fourth-order valence-corrected chi connectivity index (χ4v) is 14.2. The molecule has 7 amide bonds. The van der Waals surface area contributed by atoms with Gasteiger partial charge in [0.15, 0.2) is 6.23 Å². The van der Waals surface area contributed by atoms with Crippen LogP contribution in [0.15, 0.2) is 66.7 Å². The average Bonchev–Trinajstić information content (AvgIpc) is 1.54. The second-order valence-corrected chi connectivity index (χ2v) is 28.5. The van der Waals surface area contributed by atoms with Crippen molar-refractivity contribution < 1.29 is 93.4 Å². The Bertz CT molecular complexity index is 3800. The molecule has 0 spiro atoms. The molecule has 0 bridgehead atoms. The first-order valence-electron chi connectivity index (χ1n) is 35.6. The van der Waals surface area contributed by atoms with Crippen LogP contribution < -0.4 is 31.3 Å². The first-order valence-corrected chi connectivity index (χ1v) is 34.1. The zero-order valence-electron chi connectivity index (χ0n) is 62.8. The Labute approximate surface area is 584 Å². The van der Waals surface area contributed by atoms with E-state index in [-0.39, 0.29) is 81.8 Å². The van der Waals surface area contributed by atoms with Crippen molar-refractivity contribution in [3.8, 4) is 33.8 Å². The SMILES string of the molecule is [2H]c1c([2H])c(-c2ccc(C(=O)N[C@@H]3C(=O)N[C@@](C)([C@H](O)CC)C(=O)N4C[C@H](O)C[C@@]4(C)C(=O)N[C@@H]([C@H](O)[C@@H](O)c4ccc(O)c(C)c4C)C(=O)N[C@@H]([C@H](O)CC)C(=O)N4C(C)[C@](C)(C(C)C)[C@H](O)[C@H]4C(=O)N[C@H](OO)[C@H](O)C3C)c(C)c2)c(C)c([2H])c1-c1ccc(OC(C)CC(C)CC)cc1C. The van der Waals surface area contributed by atoms with Gasteiger partial charge < -0.3 is 82.0 Å². The highest BCUT2D eigenvalue weighted by Gasteiger charge is 2.62. The summed E-state index contributed by atoms with van der Waals surface area (Å²) in [4.78, 5) is 114. The van der Waals surface area contributed by atoms with Gasteiger partial charge in [0.25, 0.3) is 11.8 Å². The first-order chi connectivity index (χ1) is 47.5. The third-order valence-electron chi connectivity index (χ3n) is 21.6. The number of aliphatic hydroxyl groups excluding tert-OH is 7. The number of rotatable bonds is 18. The van der Waals surface area contributed by atoms with Crippen molar-refractivity contribution in [1.29, 1.82) is 0 Å². The summed E-state index contributed by atoms with van der Waals surface area (Å²) in [6, 6.07) is 2.02. The predicted molar refractivity (Wildman–Crippen MR) is 369 cm³/mol. The first kappa shape index (κ1) is 74.1. The van der Waals surface area contributed by atoms with Gasteiger partial charge in [-0.05, 0) is 173 Å². The van der Waals surface area contributed by atoms with Gasteiger partial charge in [-0.15, -0.1) is 0 Å². The molecule has 4 aromatic rings. The summed E-state index contributed by atoms with van der Waals surface area (Å²) in [6.07, 6.45) is -15.5. The summed E-state index contributed by atoms with van der Waals surface area (Å²) in [5.41, 5.74) is -3.27. The molecule has 7 rings (SSSR count). The monoisotopic (exact) mass is 1380 g/mol. The number of hydrogen-bond donors (Lipinski definition) is 14. The van der Waals surface area contributed by atoms with Crippen LogP contribution in [-0.4, -0.2) is 194 Å². The molecule has 3 saturated heterocycles. The molecule has 99 heavy (non-hydrogen) atoms. The Morgan fingerprint density at radius 2 is 1.42 bits per heavy atom. The molecule has 19 atom stereocenters. The molecule has 3 aliphatic rings. The smallest absolute Gasteiger partial charge is 0.252 e. The molecule has 0 radical (unpaired) electrons. The number of fused-ring (bicyclic) bond motifs is 2. The van der Waals surface area contributed by atoms with E-state index in [0.717, 1.165) is 35.1 Å². The van der Waals surface area contributed by atoms with Crippen molar-refractivity contribution in [2.24, 2.45) is 23.2 Å². The Hall–Kier alpha value is -7.59. The van der Waals surface area contributed by atoms with Gasteiger partial charge in [-0.1, -0.05) is 104 Å². The summed E-state index contributed by atoms with van der Waals surface area (Å²) in [6.45, 7) is 26.4. The van der Waals surface area contributed by atoms with Crippen molar-refractivity contribution in [1.82, 2.24) is 36.4 Å². The summed E-state index contributed by atoms with van der Waals surface area (Å²) < 4.78 is 34.3.